The third kappa shape index (κ3) is 9.23. The molecule has 5 aromatic rings. The Balaban J connectivity index is 0.904. The van der Waals surface area contributed by atoms with Gasteiger partial charge < -0.3 is 5.32 Å². The SMILES string of the molecule is [B]C1([I-]Nc2cccc3c2C(=O)N(C2CCC(=O)NC2=O)C3=O)CCCCN(C(=O)c2ccc(NC(=O)Nc3ccc4ncc(-c5cnn(C)c5)nc4c3)cc2C(F)(F)F)CCC1. The van der Waals surface area contributed by atoms with Crippen LogP contribution >= 0.6 is 0 Å². The van der Waals surface area contributed by atoms with E-state index in [9.17, 15) is 41.9 Å². The Morgan fingerprint density at radius 1 is 0.921 bits per heavy atom. The molecule has 2 radical (unpaired) electrons. The Morgan fingerprint density at radius 3 is 2.41 bits per heavy atom. The summed E-state index contributed by atoms with van der Waals surface area (Å²) in [7, 11) is 8.71. The number of aryl methyl sites for hydroxylation is 1. The molecule has 0 aliphatic carbocycles. The Kier molecular flexibility index (Phi) is 12.0. The van der Waals surface area contributed by atoms with E-state index in [-0.39, 0.29) is 42.7 Å². The van der Waals surface area contributed by atoms with Crippen LogP contribution in [0.1, 0.15) is 81.6 Å². The second-order valence-electron chi connectivity index (χ2n) is 15.5. The number of nitrogens with one attached hydrogen (secondary N) is 4. The molecule has 3 aromatic carbocycles. The molecule has 0 spiro atoms. The van der Waals surface area contributed by atoms with Crippen molar-refractivity contribution in [3.8, 4) is 11.3 Å². The number of piperidine rings is 1. The van der Waals surface area contributed by atoms with Crippen LogP contribution in [0.3, 0.4) is 0 Å². The molecule has 21 heteroatoms. The molecular formula is C42H38BF3IN10O6-. The number of carbonyl (C=O) groups excluding carboxylic acids is 6. The number of urea groups is 1. The predicted octanol–water partition coefficient (Wildman–Crippen LogP) is 2.48. The van der Waals surface area contributed by atoms with Gasteiger partial charge in [0.1, 0.15) is 0 Å². The second kappa shape index (κ2) is 17.4. The standard InChI is InChI=1S/C42H38BF3IN10O6/c1-55-22-23(20-49-55)32-21-48-29-11-9-25(19-31(29)52-32)51-40(63)50-24-8-10-26(28(18-24)42(44,45)46)37(60)56-16-3-2-14-41(43,15-5-17-56)47-54-30-7-4-6-27-35(30)39(62)57(38(27)61)33-12-13-34(58)53-36(33)59/h4,6-11,18-22,33,54H,2-3,5,12-17H2,1H3,(H2,50,51,63)(H,53,58,59)/q-1. The van der Waals surface area contributed by atoms with Gasteiger partial charge in [-0.25, -0.2) is 9.78 Å². The zero-order chi connectivity index (χ0) is 44.6. The summed E-state index contributed by atoms with van der Waals surface area (Å²) in [6, 6.07) is 10.7. The van der Waals surface area contributed by atoms with Crippen LogP contribution in [0.25, 0.3) is 22.3 Å². The normalized spacial score (nSPS) is 19.6. The van der Waals surface area contributed by atoms with E-state index in [2.05, 4.69) is 34.5 Å². The number of rotatable bonds is 8. The van der Waals surface area contributed by atoms with Crippen LogP contribution in [0.4, 0.5) is 35.0 Å². The molecule has 2 saturated heterocycles. The van der Waals surface area contributed by atoms with Crippen molar-refractivity contribution < 1.29 is 63.4 Å². The molecule has 8 rings (SSSR count). The van der Waals surface area contributed by atoms with E-state index in [0.29, 0.717) is 60.2 Å². The molecule has 63 heavy (non-hydrogen) atoms. The molecule has 7 amide bonds. The van der Waals surface area contributed by atoms with Crippen molar-refractivity contribution in [3.63, 3.8) is 0 Å². The van der Waals surface area contributed by atoms with Gasteiger partial charge in [0.15, 0.2) is 0 Å². The fourth-order valence-corrected chi connectivity index (χ4v) is 10.4. The van der Waals surface area contributed by atoms with Crippen molar-refractivity contribution in [3.05, 3.63) is 95.4 Å². The number of hydrogen-bond donors (Lipinski definition) is 4. The minimum absolute atomic E-state index is 0.00626. The predicted molar refractivity (Wildman–Crippen MR) is 220 cm³/mol. The summed E-state index contributed by atoms with van der Waals surface area (Å²) >= 11 is -1.11. The van der Waals surface area contributed by atoms with Gasteiger partial charge in [0, 0.05) is 24.5 Å². The van der Waals surface area contributed by atoms with Crippen molar-refractivity contribution in [1.82, 2.24) is 34.9 Å². The van der Waals surface area contributed by atoms with Gasteiger partial charge in [0.05, 0.1) is 29.1 Å². The Morgan fingerprint density at radius 2 is 1.67 bits per heavy atom. The molecule has 3 aliphatic rings. The summed E-state index contributed by atoms with van der Waals surface area (Å²) in [4.78, 5) is 89.3. The third-order valence-electron chi connectivity index (χ3n) is 11.0. The zero-order valence-electron chi connectivity index (χ0n) is 33.6. The van der Waals surface area contributed by atoms with Gasteiger partial charge in [0.25, 0.3) is 0 Å². The van der Waals surface area contributed by atoms with Gasteiger partial charge in [-0.2, -0.15) is 5.10 Å². The van der Waals surface area contributed by atoms with Crippen LogP contribution in [0.2, 0.25) is 0 Å². The molecule has 3 aliphatic heterocycles. The minimum atomic E-state index is -4.92. The molecule has 2 atom stereocenters. The molecule has 16 nitrogen and oxygen atoms in total. The third-order valence-corrected chi connectivity index (χ3v) is 14.0. The van der Waals surface area contributed by atoms with Gasteiger partial charge in [-0.15, -0.1) is 0 Å². The number of carbonyl (C=O) groups is 6. The number of fused-ring (bicyclic) bond motifs is 2. The van der Waals surface area contributed by atoms with Crippen LogP contribution < -0.4 is 41.0 Å². The summed E-state index contributed by atoms with van der Waals surface area (Å²) in [5.74, 6) is -3.27. The van der Waals surface area contributed by atoms with E-state index < -0.39 is 83.7 Å². The number of alkyl halides is 4. The Labute approximate surface area is 369 Å². The maximum absolute atomic E-state index is 14.5. The number of imide groups is 2. The van der Waals surface area contributed by atoms with E-state index in [1.807, 2.05) is 0 Å². The summed E-state index contributed by atoms with van der Waals surface area (Å²) in [6.07, 6.45) is 2.48. The van der Waals surface area contributed by atoms with E-state index in [1.54, 1.807) is 60.7 Å². The van der Waals surface area contributed by atoms with Crippen molar-refractivity contribution in [1.29, 1.82) is 0 Å². The average Bonchev–Trinajstić information content (AvgIpc) is 3.82. The van der Waals surface area contributed by atoms with Crippen molar-refractivity contribution >= 4 is 71.5 Å². The molecule has 324 valence electrons. The zero-order valence-corrected chi connectivity index (χ0v) is 35.7. The van der Waals surface area contributed by atoms with Gasteiger partial charge in [-0.1, -0.05) is 0 Å². The molecule has 4 N–H and O–H groups in total. The van der Waals surface area contributed by atoms with E-state index in [1.165, 1.54) is 17.0 Å². The van der Waals surface area contributed by atoms with Crippen LogP contribution in [0.5, 0.6) is 0 Å². The van der Waals surface area contributed by atoms with Crippen molar-refractivity contribution in [2.24, 2.45) is 7.05 Å². The molecule has 2 fully saturated rings. The first-order valence-electron chi connectivity index (χ1n) is 20.0. The van der Waals surface area contributed by atoms with Crippen LogP contribution in [-0.4, -0.2) is 95.4 Å². The fourth-order valence-electron chi connectivity index (χ4n) is 7.85. The van der Waals surface area contributed by atoms with Crippen LogP contribution in [0.15, 0.2) is 73.2 Å². The van der Waals surface area contributed by atoms with E-state index in [4.69, 9.17) is 7.85 Å². The number of nitrogens with zero attached hydrogens (tertiary/aromatic N) is 6. The first kappa shape index (κ1) is 43.3. The first-order valence-corrected chi connectivity index (χ1v) is 22.1. The monoisotopic (exact) mass is 973 g/mol. The summed E-state index contributed by atoms with van der Waals surface area (Å²) < 4.78 is 47.9. The molecule has 2 unspecified atom stereocenters. The Hall–Kier alpha value is -6.39. The molecule has 2 aromatic heterocycles. The van der Waals surface area contributed by atoms with E-state index >= 15 is 0 Å². The van der Waals surface area contributed by atoms with Crippen LogP contribution in [0, 0.1) is 0 Å². The van der Waals surface area contributed by atoms with Crippen molar-refractivity contribution in [2.45, 2.75) is 60.5 Å². The summed E-state index contributed by atoms with van der Waals surface area (Å²) in [5.41, 5.74) is 1.38. The first-order chi connectivity index (χ1) is 30.1. The molecule has 5 heterocycles. The number of amides is 7. The topological polar surface area (TPSA) is 201 Å². The summed E-state index contributed by atoms with van der Waals surface area (Å²) in [5, 5.41) is 11.4. The fraction of sp³-hybridized carbons (Fsp3) is 0.310. The average molecular weight is 974 g/mol. The second-order valence-corrected chi connectivity index (χ2v) is 18.7. The van der Waals surface area contributed by atoms with Gasteiger partial charge >= 0.3 is 270 Å². The van der Waals surface area contributed by atoms with E-state index in [0.717, 1.165) is 22.6 Å². The number of hydrogen-bond acceptors (Lipinski definition) is 10. The number of benzene rings is 3. The van der Waals surface area contributed by atoms with Gasteiger partial charge in [-0.05, 0) is 18.2 Å². The van der Waals surface area contributed by atoms with Gasteiger partial charge in [-0.3, -0.25) is 9.67 Å². The Bertz CT molecular complexity index is 2700. The number of anilines is 3. The quantitative estimate of drug-likeness (QED) is 0.0589. The van der Waals surface area contributed by atoms with Crippen LogP contribution in [-0.2, 0) is 22.8 Å². The van der Waals surface area contributed by atoms with Crippen molar-refractivity contribution in [2.75, 3.05) is 27.3 Å². The van der Waals surface area contributed by atoms with Gasteiger partial charge in [0.2, 0.25) is 0 Å². The number of aromatic nitrogens is 4. The maximum atomic E-state index is 14.5. The summed E-state index contributed by atoms with van der Waals surface area (Å²) in [6.45, 7) is 0.328. The molecule has 0 bridgehead atoms. The molecule has 0 saturated carbocycles. The number of halogens is 4. The molecular weight excluding hydrogens is 935 g/mol.